The number of nitrogens with one attached hydrogen (secondary N) is 1. The van der Waals surface area contributed by atoms with E-state index in [0.717, 1.165) is 6.08 Å². The maximum absolute atomic E-state index is 13.1. The Labute approximate surface area is 165 Å². The lowest BCUT2D eigenvalue weighted by Crippen LogP contribution is -2.31. The maximum Gasteiger partial charge on any atom is 0.417 e. The quantitative estimate of drug-likeness (QED) is 0.649. The van der Waals surface area contributed by atoms with E-state index in [4.69, 9.17) is 11.6 Å². The molecule has 0 saturated carbocycles. The van der Waals surface area contributed by atoms with E-state index in [-0.39, 0.29) is 28.8 Å². The number of benzene rings is 2. The summed E-state index contributed by atoms with van der Waals surface area (Å²) in [5, 5.41) is 0.663. The molecule has 1 N–H and O–H groups in total. The summed E-state index contributed by atoms with van der Waals surface area (Å²) in [6, 6.07) is 6.23. The van der Waals surface area contributed by atoms with Gasteiger partial charge in [-0.3, -0.25) is 4.79 Å². The van der Waals surface area contributed by atoms with Crippen LogP contribution in [0.25, 0.3) is 6.08 Å². The van der Waals surface area contributed by atoms with E-state index < -0.39 is 45.0 Å². The van der Waals surface area contributed by atoms with Crippen molar-refractivity contribution in [2.75, 3.05) is 0 Å². The second-order valence-corrected chi connectivity index (χ2v) is 7.53. The molecule has 29 heavy (non-hydrogen) atoms. The monoisotopic (exact) mass is 457 g/mol. The Hall–Kier alpha value is -2.53. The average molecular weight is 458 g/mol. The van der Waals surface area contributed by atoms with Gasteiger partial charge in [0.25, 0.3) is 15.9 Å². The van der Waals surface area contributed by atoms with E-state index in [0.29, 0.717) is 5.41 Å². The molecule has 0 aliphatic heterocycles. The van der Waals surface area contributed by atoms with Crippen LogP contribution < -0.4 is 4.72 Å². The SMILES string of the molecule is O=C(NS(=O)(=O)/C=C/c1ccccc1Cl)c1ccc(C(F)(F)F)cc1C(F)(F)F. The number of hydrogen-bond acceptors (Lipinski definition) is 3. The highest BCUT2D eigenvalue weighted by atomic mass is 35.5. The molecule has 2 aromatic rings. The number of carbonyl (C=O) groups is 1. The first-order valence-corrected chi connectivity index (χ1v) is 9.41. The van der Waals surface area contributed by atoms with Gasteiger partial charge in [0.05, 0.1) is 22.1 Å². The van der Waals surface area contributed by atoms with Gasteiger partial charge in [-0.05, 0) is 35.9 Å². The first kappa shape index (κ1) is 22.8. The third-order valence-corrected chi connectivity index (χ3v) is 4.77. The Morgan fingerprint density at radius 3 is 2.14 bits per heavy atom. The maximum atomic E-state index is 13.1. The fraction of sp³-hybridized carbons (Fsp3) is 0.118. The van der Waals surface area contributed by atoms with Gasteiger partial charge < -0.3 is 0 Å². The number of sulfonamides is 1. The van der Waals surface area contributed by atoms with Crippen LogP contribution in [-0.4, -0.2) is 14.3 Å². The molecule has 1 amide bonds. The predicted octanol–water partition coefficient (Wildman–Crippen LogP) is 5.11. The van der Waals surface area contributed by atoms with Gasteiger partial charge >= 0.3 is 12.4 Å². The lowest BCUT2D eigenvalue weighted by Gasteiger charge is -2.15. The van der Waals surface area contributed by atoms with Gasteiger partial charge in [0.1, 0.15) is 0 Å². The zero-order valence-electron chi connectivity index (χ0n) is 14.0. The highest BCUT2D eigenvalue weighted by molar-refractivity contribution is 7.93. The molecule has 0 saturated heterocycles. The number of amides is 1. The lowest BCUT2D eigenvalue weighted by atomic mass is 10.0. The molecule has 0 fully saturated rings. The van der Waals surface area contributed by atoms with Crippen molar-refractivity contribution in [3.63, 3.8) is 0 Å². The van der Waals surface area contributed by atoms with Crippen LogP contribution in [0.4, 0.5) is 26.3 Å². The fourth-order valence-corrected chi connectivity index (χ4v) is 3.11. The fourth-order valence-electron chi connectivity index (χ4n) is 2.14. The normalized spacial score (nSPS) is 12.9. The van der Waals surface area contributed by atoms with Crippen molar-refractivity contribution in [2.45, 2.75) is 12.4 Å². The molecule has 0 aromatic heterocycles. The van der Waals surface area contributed by atoms with E-state index in [2.05, 4.69) is 0 Å². The smallest absolute Gasteiger partial charge is 0.268 e. The van der Waals surface area contributed by atoms with Gasteiger partial charge in [-0.25, -0.2) is 13.1 Å². The van der Waals surface area contributed by atoms with Crippen molar-refractivity contribution in [3.8, 4) is 0 Å². The van der Waals surface area contributed by atoms with Gasteiger partial charge in [-0.2, -0.15) is 26.3 Å². The van der Waals surface area contributed by atoms with Gasteiger partial charge in [0.15, 0.2) is 0 Å². The summed E-state index contributed by atoms with van der Waals surface area (Å²) in [5.74, 6) is -1.74. The Balaban J connectivity index is 2.35. The highest BCUT2D eigenvalue weighted by Crippen LogP contribution is 2.37. The Kier molecular flexibility index (Phi) is 6.33. The summed E-state index contributed by atoms with van der Waals surface area (Å²) in [6.07, 6.45) is -9.42. The summed E-state index contributed by atoms with van der Waals surface area (Å²) < 4.78 is 103. The molecule has 2 aromatic carbocycles. The van der Waals surface area contributed by atoms with Gasteiger partial charge in [-0.1, -0.05) is 29.8 Å². The molecule has 0 heterocycles. The number of rotatable bonds is 4. The van der Waals surface area contributed by atoms with Crippen molar-refractivity contribution < 1.29 is 39.6 Å². The van der Waals surface area contributed by atoms with Crippen LogP contribution in [0.3, 0.4) is 0 Å². The standard InChI is InChI=1S/C17H10ClF6NO3S/c18-14-4-2-1-3-10(14)7-8-29(27,28)25-15(26)12-6-5-11(16(19,20)21)9-13(12)17(22,23)24/h1-9H,(H,25,26)/b8-7+. The first-order valence-electron chi connectivity index (χ1n) is 7.49. The van der Waals surface area contributed by atoms with Gasteiger partial charge in [0.2, 0.25) is 0 Å². The van der Waals surface area contributed by atoms with E-state index in [1.165, 1.54) is 22.9 Å². The molecule has 0 spiro atoms. The number of halogens is 7. The topological polar surface area (TPSA) is 63.2 Å². The van der Waals surface area contributed by atoms with E-state index >= 15 is 0 Å². The van der Waals surface area contributed by atoms with Crippen molar-refractivity contribution in [2.24, 2.45) is 0 Å². The van der Waals surface area contributed by atoms with E-state index in [1.807, 2.05) is 0 Å². The Bertz CT molecular complexity index is 1060. The Morgan fingerprint density at radius 2 is 1.59 bits per heavy atom. The summed E-state index contributed by atoms with van der Waals surface area (Å²) in [4.78, 5) is 12.0. The number of hydrogen-bond donors (Lipinski definition) is 1. The van der Waals surface area contributed by atoms with Crippen molar-refractivity contribution in [3.05, 3.63) is 75.1 Å². The Morgan fingerprint density at radius 1 is 0.966 bits per heavy atom. The third kappa shape index (κ3) is 5.97. The largest absolute Gasteiger partial charge is 0.417 e. The second-order valence-electron chi connectivity index (χ2n) is 5.56. The summed E-state index contributed by atoms with van der Waals surface area (Å²) in [7, 11) is -4.57. The van der Waals surface area contributed by atoms with Crippen molar-refractivity contribution >= 4 is 33.6 Å². The number of alkyl halides is 6. The minimum Gasteiger partial charge on any atom is -0.268 e. The minimum atomic E-state index is -5.33. The molecule has 0 bridgehead atoms. The third-order valence-electron chi connectivity index (χ3n) is 3.46. The molecule has 0 radical (unpaired) electrons. The molecule has 12 heteroatoms. The first-order chi connectivity index (χ1) is 13.2. The zero-order valence-corrected chi connectivity index (χ0v) is 15.5. The molecule has 0 aliphatic rings. The molecule has 156 valence electrons. The lowest BCUT2D eigenvalue weighted by molar-refractivity contribution is -0.143. The van der Waals surface area contributed by atoms with Crippen molar-refractivity contribution in [1.82, 2.24) is 4.72 Å². The zero-order chi connectivity index (χ0) is 22.0. The van der Waals surface area contributed by atoms with E-state index in [9.17, 15) is 39.6 Å². The van der Waals surface area contributed by atoms with Crippen LogP contribution in [0, 0.1) is 0 Å². The van der Waals surface area contributed by atoms with Crippen LogP contribution in [0.2, 0.25) is 5.02 Å². The number of carbonyl (C=O) groups excluding carboxylic acids is 1. The van der Waals surface area contributed by atoms with Crippen LogP contribution in [0.15, 0.2) is 47.9 Å². The highest BCUT2D eigenvalue weighted by Gasteiger charge is 2.39. The molecule has 0 atom stereocenters. The van der Waals surface area contributed by atoms with Crippen LogP contribution >= 0.6 is 11.6 Å². The summed E-state index contributed by atoms with van der Waals surface area (Å²) in [5.41, 5.74) is -4.59. The van der Waals surface area contributed by atoms with Crippen LogP contribution in [0.1, 0.15) is 27.0 Å². The molecular weight excluding hydrogens is 448 g/mol. The molecule has 4 nitrogen and oxygen atoms in total. The summed E-state index contributed by atoms with van der Waals surface area (Å²) >= 11 is 5.83. The summed E-state index contributed by atoms with van der Waals surface area (Å²) in [6.45, 7) is 0. The van der Waals surface area contributed by atoms with Crippen molar-refractivity contribution in [1.29, 1.82) is 0 Å². The predicted molar refractivity (Wildman–Crippen MR) is 93.3 cm³/mol. The minimum absolute atomic E-state index is 0.173. The van der Waals surface area contributed by atoms with Crippen LogP contribution in [0.5, 0.6) is 0 Å². The average Bonchev–Trinajstić information content (AvgIpc) is 2.58. The second kappa shape index (κ2) is 8.07. The molecule has 0 aliphatic carbocycles. The van der Waals surface area contributed by atoms with Gasteiger partial charge in [-0.15, -0.1) is 0 Å². The van der Waals surface area contributed by atoms with E-state index in [1.54, 1.807) is 6.07 Å². The molecular formula is C17H10ClF6NO3S. The molecule has 0 unspecified atom stereocenters. The molecule has 2 rings (SSSR count). The van der Waals surface area contributed by atoms with Crippen LogP contribution in [-0.2, 0) is 22.4 Å². The van der Waals surface area contributed by atoms with Gasteiger partial charge in [0, 0.05) is 5.02 Å².